The molecule has 122 valence electrons. The van der Waals surface area contributed by atoms with E-state index in [-0.39, 0.29) is 18.1 Å². The number of nitro groups is 1. The molecule has 8 nitrogen and oxygen atoms in total. The standard InChI is InChI=1S/C12H9ClF2N4O4/c13-12(14,15)23-9-3-1-8(2-4-9)16-11(20)7-18-6-5-10(17-18)19(21)22/h1-6H,7H2,(H,16,20). The number of alkyl halides is 3. The first-order valence-corrected chi connectivity index (χ1v) is 6.44. The summed E-state index contributed by atoms with van der Waals surface area (Å²) in [6, 6.07) is 6.23. The summed E-state index contributed by atoms with van der Waals surface area (Å²) in [5.41, 5.74) is -3.50. The van der Waals surface area contributed by atoms with Gasteiger partial charge in [-0.3, -0.25) is 4.79 Å². The molecule has 1 aromatic carbocycles. The van der Waals surface area contributed by atoms with Gasteiger partial charge in [-0.25, -0.2) is 0 Å². The van der Waals surface area contributed by atoms with Gasteiger partial charge in [0.25, 0.3) is 0 Å². The molecule has 0 aliphatic heterocycles. The molecule has 2 aromatic rings. The zero-order chi connectivity index (χ0) is 17.0. The Balaban J connectivity index is 1.93. The molecule has 1 aromatic heterocycles. The Morgan fingerprint density at radius 2 is 2.04 bits per heavy atom. The lowest BCUT2D eigenvalue weighted by Gasteiger charge is -2.11. The summed E-state index contributed by atoms with van der Waals surface area (Å²) >= 11 is 4.62. The summed E-state index contributed by atoms with van der Waals surface area (Å²) in [5, 5.41) is 16.5. The SMILES string of the molecule is O=C(Cn1ccc([N+](=O)[O-])n1)Nc1ccc(OC(F)(F)Cl)cc1. The second-order valence-corrected chi connectivity index (χ2v) is 4.69. The average Bonchev–Trinajstić information content (AvgIpc) is 2.88. The van der Waals surface area contributed by atoms with Crippen molar-refractivity contribution in [2.24, 2.45) is 0 Å². The van der Waals surface area contributed by atoms with E-state index in [0.717, 1.165) is 10.7 Å². The number of carbonyl (C=O) groups is 1. The fourth-order valence-corrected chi connectivity index (χ4v) is 1.71. The number of nitrogens with zero attached hydrogens (tertiary/aromatic N) is 3. The molecule has 0 unspecified atom stereocenters. The number of carbonyl (C=O) groups excluding carboxylic acids is 1. The minimum absolute atomic E-state index is 0.175. The number of nitrogens with one attached hydrogen (secondary N) is 1. The lowest BCUT2D eigenvalue weighted by molar-refractivity contribution is -0.389. The van der Waals surface area contributed by atoms with Crippen LogP contribution in [0.4, 0.5) is 20.3 Å². The fourth-order valence-electron chi connectivity index (χ4n) is 1.62. The predicted molar refractivity (Wildman–Crippen MR) is 75.4 cm³/mol. The van der Waals surface area contributed by atoms with Crippen LogP contribution >= 0.6 is 11.6 Å². The van der Waals surface area contributed by atoms with Crippen molar-refractivity contribution in [1.29, 1.82) is 0 Å². The average molecular weight is 347 g/mol. The Morgan fingerprint density at radius 1 is 1.39 bits per heavy atom. The van der Waals surface area contributed by atoms with Crippen molar-refractivity contribution in [3.63, 3.8) is 0 Å². The van der Waals surface area contributed by atoms with Crippen molar-refractivity contribution in [2.45, 2.75) is 12.1 Å². The van der Waals surface area contributed by atoms with Crippen LogP contribution in [0.1, 0.15) is 0 Å². The third-order valence-electron chi connectivity index (χ3n) is 2.49. The van der Waals surface area contributed by atoms with Crippen molar-refractivity contribution in [3.05, 3.63) is 46.6 Å². The monoisotopic (exact) mass is 346 g/mol. The highest BCUT2D eigenvalue weighted by Gasteiger charge is 2.27. The highest BCUT2D eigenvalue weighted by molar-refractivity contribution is 6.20. The molecule has 23 heavy (non-hydrogen) atoms. The molecule has 0 fully saturated rings. The van der Waals surface area contributed by atoms with Gasteiger partial charge in [0.05, 0.1) is 17.4 Å². The highest BCUT2D eigenvalue weighted by atomic mass is 35.5. The maximum Gasteiger partial charge on any atom is 0.487 e. The third-order valence-corrected chi connectivity index (χ3v) is 2.57. The topological polar surface area (TPSA) is 99.3 Å². The quantitative estimate of drug-likeness (QED) is 0.492. The van der Waals surface area contributed by atoms with Gasteiger partial charge in [-0.05, 0) is 29.2 Å². The van der Waals surface area contributed by atoms with Gasteiger partial charge in [-0.2, -0.15) is 4.68 Å². The van der Waals surface area contributed by atoms with Gasteiger partial charge in [0, 0.05) is 17.3 Å². The summed E-state index contributed by atoms with van der Waals surface area (Å²) in [6.45, 7) is -0.244. The molecular weight excluding hydrogens is 338 g/mol. The van der Waals surface area contributed by atoms with Crippen LogP contribution in [0.2, 0.25) is 0 Å². The van der Waals surface area contributed by atoms with E-state index >= 15 is 0 Å². The zero-order valence-electron chi connectivity index (χ0n) is 11.3. The largest absolute Gasteiger partial charge is 0.487 e. The second kappa shape index (κ2) is 6.57. The predicted octanol–water partition coefficient (Wildman–Crippen LogP) is 2.60. The van der Waals surface area contributed by atoms with Gasteiger partial charge < -0.3 is 20.2 Å². The fraction of sp³-hybridized carbons (Fsp3) is 0.167. The summed E-state index contributed by atoms with van der Waals surface area (Å²) in [4.78, 5) is 21.6. The van der Waals surface area contributed by atoms with Crippen LogP contribution in [0.5, 0.6) is 5.75 Å². The van der Waals surface area contributed by atoms with Crippen LogP contribution in [0.3, 0.4) is 0 Å². The first-order valence-electron chi connectivity index (χ1n) is 6.06. The Bertz CT molecular complexity index is 715. The smallest absolute Gasteiger partial charge is 0.420 e. The van der Waals surface area contributed by atoms with Crippen molar-refractivity contribution < 1.29 is 23.2 Å². The molecule has 0 spiro atoms. The molecule has 2 rings (SSSR count). The maximum atomic E-state index is 12.4. The highest BCUT2D eigenvalue weighted by Crippen LogP contribution is 2.25. The lowest BCUT2D eigenvalue weighted by Crippen LogP contribution is -2.19. The zero-order valence-corrected chi connectivity index (χ0v) is 12.0. The Labute approximate surface area is 132 Å². The minimum Gasteiger partial charge on any atom is -0.420 e. The number of halogens is 3. The molecule has 0 atom stereocenters. The number of benzene rings is 1. The number of anilines is 1. The first-order chi connectivity index (χ1) is 10.7. The summed E-state index contributed by atoms with van der Waals surface area (Å²) in [6.07, 6.45) is 1.29. The van der Waals surface area contributed by atoms with Crippen LogP contribution in [-0.2, 0) is 11.3 Å². The van der Waals surface area contributed by atoms with Gasteiger partial charge >= 0.3 is 11.4 Å². The van der Waals surface area contributed by atoms with Crippen LogP contribution in [0.25, 0.3) is 0 Å². The van der Waals surface area contributed by atoms with Gasteiger partial charge in [0.1, 0.15) is 12.3 Å². The number of rotatable bonds is 6. The molecule has 0 bridgehead atoms. The maximum absolute atomic E-state index is 12.4. The molecule has 0 aliphatic rings. The van der Waals surface area contributed by atoms with Crippen LogP contribution < -0.4 is 10.1 Å². The summed E-state index contributed by atoms with van der Waals surface area (Å²) in [5.74, 6) is -1.05. The number of aromatic nitrogens is 2. The molecule has 1 heterocycles. The van der Waals surface area contributed by atoms with E-state index < -0.39 is 16.4 Å². The van der Waals surface area contributed by atoms with E-state index in [1.165, 1.54) is 30.5 Å². The molecular formula is C12H9ClF2N4O4. The Morgan fingerprint density at radius 3 is 2.57 bits per heavy atom. The van der Waals surface area contributed by atoms with E-state index in [2.05, 4.69) is 26.8 Å². The van der Waals surface area contributed by atoms with E-state index in [4.69, 9.17) is 0 Å². The number of amides is 1. The van der Waals surface area contributed by atoms with Crippen LogP contribution in [0.15, 0.2) is 36.5 Å². The normalized spacial score (nSPS) is 11.1. The first kappa shape index (κ1) is 16.6. The molecule has 11 heteroatoms. The summed E-state index contributed by atoms with van der Waals surface area (Å²) < 4.78 is 30.1. The third kappa shape index (κ3) is 5.18. The molecule has 1 N–H and O–H groups in total. The molecule has 0 saturated carbocycles. The van der Waals surface area contributed by atoms with Crippen molar-refractivity contribution in [3.8, 4) is 5.75 Å². The van der Waals surface area contributed by atoms with E-state index in [0.29, 0.717) is 5.69 Å². The van der Waals surface area contributed by atoms with Gasteiger partial charge in [-0.1, -0.05) is 0 Å². The molecule has 1 amide bonds. The van der Waals surface area contributed by atoms with Crippen molar-refractivity contribution in [1.82, 2.24) is 9.78 Å². The number of ether oxygens (including phenoxy) is 1. The Kier molecular flexibility index (Phi) is 4.74. The minimum atomic E-state index is -3.82. The van der Waals surface area contributed by atoms with Crippen molar-refractivity contribution in [2.75, 3.05) is 5.32 Å². The van der Waals surface area contributed by atoms with Crippen LogP contribution in [0, 0.1) is 10.1 Å². The van der Waals surface area contributed by atoms with Crippen molar-refractivity contribution >= 4 is 29.0 Å². The van der Waals surface area contributed by atoms with E-state index in [1.807, 2.05) is 0 Å². The Hall–Kier alpha value is -2.75. The van der Waals surface area contributed by atoms with E-state index in [1.54, 1.807) is 0 Å². The molecule has 0 radical (unpaired) electrons. The molecule has 0 aliphatic carbocycles. The molecule has 0 saturated heterocycles. The lowest BCUT2D eigenvalue weighted by atomic mass is 10.3. The van der Waals surface area contributed by atoms with Gasteiger partial charge in [-0.15, -0.1) is 8.78 Å². The number of hydrogen-bond acceptors (Lipinski definition) is 5. The van der Waals surface area contributed by atoms with Crippen LogP contribution in [-0.4, -0.2) is 26.2 Å². The second-order valence-electron chi connectivity index (χ2n) is 4.25. The summed E-state index contributed by atoms with van der Waals surface area (Å²) in [7, 11) is 0. The van der Waals surface area contributed by atoms with E-state index in [9.17, 15) is 23.7 Å². The number of hydrogen-bond donors (Lipinski definition) is 1. The van der Waals surface area contributed by atoms with Gasteiger partial charge in [0.15, 0.2) is 0 Å². The van der Waals surface area contributed by atoms with Gasteiger partial charge in [0.2, 0.25) is 5.91 Å².